The molecule has 0 aliphatic heterocycles. The molecule has 2 saturated carbocycles. The number of hydrogen-bond acceptors (Lipinski definition) is 5. The smallest absolute Gasteiger partial charge is 0.254 e. The lowest BCUT2D eigenvalue weighted by atomic mass is 9.91. The van der Waals surface area contributed by atoms with Crippen LogP contribution in [-0.4, -0.2) is 34.9 Å². The molecule has 3 aliphatic carbocycles. The van der Waals surface area contributed by atoms with Crippen LogP contribution in [0.1, 0.15) is 52.9 Å². The molecule has 2 amide bonds. The van der Waals surface area contributed by atoms with Crippen LogP contribution >= 0.6 is 11.3 Å². The molecule has 0 bridgehead atoms. The van der Waals surface area contributed by atoms with Crippen molar-refractivity contribution in [1.29, 1.82) is 4.78 Å². The summed E-state index contributed by atoms with van der Waals surface area (Å²) in [6.07, 6.45) is 7.62. The van der Waals surface area contributed by atoms with Crippen molar-refractivity contribution >= 4 is 38.1 Å². The van der Waals surface area contributed by atoms with Gasteiger partial charge in [0, 0.05) is 29.6 Å². The second-order valence-electron chi connectivity index (χ2n) is 8.03. The van der Waals surface area contributed by atoms with Gasteiger partial charge in [0.2, 0.25) is 5.91 Å². The monoisotopic (exact) mass is 410 g/mol. The Morgan fingerprint density at radius 1 is 1.22 bits per heavy atom. The van der Waals surface area contributed by atoms with Gasteiger partial charge in [0.1, 0.15) is 14.9 Å². The number of anilines is 1. The maximum atomic E-state index is 12.9. The Bertz CT molecular complexity index is 869. The Kier molecular flexibility index (Phi) is 5.02. The van der Waals surface area contributed by atoms with Crippen molar-refractivity contribution < 1.29 is 13.8 Å². The predicted octanol–water partition coefficient (Wildman–Crippen LogP) is 2.27. The number of amides is 2. The Balaban J connectivity index is 1.59. The van der Waals surface area contributed by atoms with Crippen molar-refractivity contribution in [1.82, 2.24) is 10.0 Å². The lowest BCUT2D eigenvalue weighted by Gasteiger charge is -2.24. The fraction of sp³-hybridized carbons (Fsp3) is 0.667. The van der Waals surface area contributed by atoms with Crippen molar-refractivity contribution in [3.05, 3.63) is 16.0 Å². The number of fused-ring (bicyclic) bond motifs is 1. The number of thiophene rings is 1. The molecule has 2 fully saturated rings. The molecule has 7 nitrogen and oxygen atoms in total. The van der Waals surface area contributed by atoms with Gasteiger partial charge in [-0.2, -0.15) is 0 Å². The van der Waals surface area contributed by atoms with E-state index in [2.05, 4.69) is 15.4 Å². The zero-order valence-electron chi connectivity index (χ0n) is 15.4. The molecule has 1 aromatic rings. The van der Waals surface area contributed by atoms with Gasteiger partial charge in [-0.1, -0.05) is 0 Å². The van der Waals surface area contributed by atoms with Crippen LogP contribution in [0.25, 0.3) is 0 Å². The van der Waals surface area contributed by atoms with E-state index in [9.17, 15) is 13.8 Å². The first-order valence-electron chi connectivity index (χ1n) is 9.55. The molecule has 148 valence electrons. The van der Waals surface area contributed by atoms with Crippen LogP contribution in [0.3, 0.4) is 0 Å². The molecule has 2 unspecified atom stereocenters. The average Bonchev–Trinajstić information content (AvgIpc) is 3.48. The summed E-state index contributed by atoms with van der Waals surface area (Å²) < 4.78 is 22.4. The maximum Gasteiger partial charge on any atom is 0.254 e. The first-order chi connectivity index (χ1) is 12.8. The molecule has 9 heteroatoms. The minimum atomic E-state index is -2.80. The quantitative estimate of drug-likeness (QED) is 0.553. The topological polar surface area (TPSA) is 111 Å². The molecule has 1 aromatic heterocycles. The number of nitrogens with one attached hydrogen (secondary N) is 4. The van der Waals surface area contributed by atoms with Gasteiger partial charge in [-0.25, -0.2) is 13.7 Å². The summed E-state index contributed by atoms with van der Waals surface area (Å²) in [6.45, 7) is 0.677. The number of carbonyl (C=O) groups excluding carboxylic acids is 2. The second-order valence-corrected chi connectivity index (χ2v) is 11.1. The first kappa shape index (κ1) is 18.9. The van der Waals surface area contributed by atoms with Gasteiger partial charge in [0.25, 0.3) is 5.91 Å². The van der Waals surface area contributed by atoms with E-state index >= 15 is 0 Å². The first-order valence-corrected chi connectivity index (χ1v) is 12.3. The minimum absolute atomic E-state index is 0.00208. The Morgan fingerprint density at radius 2 is 1.96 bits per heavy atom. The molecule has 0 spiro atoms. The van der Waals surface area contributed by atoms with Crippen molar-refractivity contribution in [3.8, 4) is 0 Å². The molecule has 27 heavy (non-hydrogen) atoms. The van der Waals surface area contributed by atoms with Crippen molar-refractivity contribution in [2.75, 3.05) is 18.1 Å². The predicted molar refractivity (Wildman–Crippen MR) is 106 cm³/mol. The van der Waals surface area contributed by atoms with Crippen molar-refractivity contribution in [2.45, 2.75) is 51.0 Å². The van der Waals surface area contributed by atoms with Crippen LogP contribution in [0.5, 0.6) is 0 Å². The van der Waals surface area contributed by atoms with E-state index in [1.54, 1.807) is 0 Å². The summed E-state index contributed by atoms with van der Waals surface area (Å²) in [7, 11) is -2.80. The van der Waals surface area contributed by atoms with Gasteiger partial charge < -0.3 is 10.6 Å². The molecule has 1 heterocycles. The van der Waals surface area contributed by atoms with Gasteiger partial charge >= 0.3 is 0 Å². The summed E-state index contributed by atoms with van der Waals surface area (Å²) in [6, 6.07) is -0.0935. The Morgan fingerprint density at radius 3 is 2.59 bits per heavy atom. The Labute approximate surface area is 163 Å². The minimum Gasteiger partial charge on any atom is -0.352 e. The summed E-state index contributed by atoms with van der Waals surface area (Å²) in [5.41, 5.74) is 1.51. The van der Waals surface area contributed by atoms with Gasteiger partial charge in [-0.15, -0.1) is 11.3 Å². The van der Waals surface area contributed by atoms with E-state index in [1.807, 2.05) is 0 Å². The van der Waals surface area contributed by atoms with Crippen LogP contribution in [0.2, 0.25) is 0 Å². The molecular formula is C18H26N4O3S2. The maximum absolute atomic E-state index is 12.9. The second kappa shape index (κ2) is 7.18. The van der Waals surface area contributed by atoms with Crippen LogP contribution in [0.4, 0.5) is 5.00 Å². The van der Waals surface area contributed by atoms with Crippen molar-refractivity contribution in [2.24, 2.45) is 11.8 Å². The molecule has 3 aliphatic rings. The normalized spacial score (nSPS) is 24.0. The highest BCUT2D eigenvalue weighted by atomic mass is 32.2. The summed E-state index contributed by atoms with van der Waals surface area (Å²) >= 11 is 1.49. The number of hydrogen-bond donors (Lipinski definition) is 4. The number of carbonyl (C=O) groups is 2. The standard InChI is InChI=1S/C18H26N4O3S2/c1-27(19,25)22-12-6-7-14-13(8-12)15(17(24)20-9-10-2-3-10)18(26-14)21-16(23)11-4-5-11/h10-12H,2-9H2,1H3,(H,20,24)(H,21,23)(H2,19,22,25). The lowest BCUT2D eigenvalue weighted by molar-refractivity contribution is -0.117. The lowest BCUT2D eigenvalue weighted by Crippen LogP contribution is -2.38. The van der Waals surface area contributed by atoms with Gasteiger partial charge in [-0.3, -0.25) is 9.59 Å². The summed E-state index contributed by atoms with van der Waals surface area (Å²) in [5, 5.41) is 6.65. The molecule has 0 aromatic carbocycles. The molecule has 0 radical (unpaired) electrons. The Hall–Kier alpha value is -1.45. The highest BCUT2D eigenvalue weighted by Gasteiger charge is 2.34. The van der Waals surface area contributed by atoms with Crippen LogP contribution in [-0.2, 0) is 27.6 Å². The van der Waals surface area contributed by atoms with Crippen LogP contribution in [0, 0.1) is 16.6 Å². The van der Waals surface area contributed by atoms with E-state index in [0.717, 1.165) is 49.0 Å². The zero-order chi connectivity index (χ0) is 19.2. The van der Waals surface area contributed by atoms with Gasteiger partial charge in [0.15, 0.2) is 0 Å². The SMILES string of the molecule is CS(=N)(=O)NC1CCc2sc(NC(=O)C3CC3)c(C(=O)NCC3CC3)c2C1. The third kappa shape index (κ3) is 4.70. The van der Waals surface area contributed by atoms with Gasteiger partial charge in [0.05, 0.1) is 5.56 Å². The summed E-state index contributed by atoms with van der Waals surface area (Å²) in [5.74, 6) is 0.529. The molecule has 4 N–H and O–H groups in total. The van der Waals surface area contributed by atoms with Gasteiger partial charge in [-0.05, 0) is 56.4 Å². The highest BCUT2D eigenvalue weighted by Crippen LogP contribution is 2.40. The van der Waals surface area contributed by atoms with E-state index in [4.69, 9.17) is 4.78 Å². The average molecular weight is 411 g/mol. The van der Waals surface area contributed by atoms with E-state index in [1.165, 1.54) is 17.6 Å². The number of aryl methyl sites for hydroxylation is 1. The van der Waals surface area contributed by atoms with Crippen molar-refractivity contribution in [3.63, 3.8) is 0 Å². The number of rotatable bonds is 7. The van der Waals surface area contributed by atoms with Crippen LogP contribution in [0.15, 0.2) is 0 Å². The van der Waals surface area contributed by atoms with Crippen LogP contribution < -0.4 is 15.4 Å². The molecule has 0 saturated heterocycles. The largest absolute Gasteiger partial charge is 0.352 e. The highest BCUT2D eigenvalue weighted by molar-refractivity contribution is 7.89. The third-order valence-electron chi connectivity index (χ3n) is 5.31. The summed E-state index contributed by atoms with van der Waals surface area (Å²) in [4.78, 5) is 26.3. The molecule has 2 atom stereocenters. The zero-order valence-corrected chi connectivity index (χ0v) is 17.1. The third-order valence-corrected chi connectivity index (χ3v) is 7.30. The fourth-order valence-corrected chi connectivity index (χ4v) is 5.62. The van der Waals surface area contributed by atoms with E-state index in [0.29, 0.717) is 29.4 Å². The fourth-order valence-electron chi connectivity index (χ4n) is 3.54. The van der Waals surface area contributed by atoms with E-state index in [-0.39, 0.29) is 23.8 Å². The molecule has 4 rings (SSSR count). The van der Waals surface area contributed by atoms with E-state index < -0.39 is 9.92 Å². The molecular weight excluding hydrogens is 384 g/mol.